The molecule has 0 saturated carbocycles. The topological polar surface area (TPSA) is 63.9 Å². The predicted molar refractivity (Wildman–Crippen MR) is 206 cm³/mol. The molecule has 0 amide bonds. The van der Waals surface area contributed by atoms with E-state index in [1.54, 1.807) is 0 Å². The Bertz CT molecular complexity index is 2760. The quantitative estimate of drug-likeness (QED) is 0.117. The fourth-order valence-corrected chi connectivity index (χ4v) is 7.04. The number of fused-ring (bicyclic) bond motifs is 7. The van der Waals surface area contributed by atoms with Gasteiger partial charge in [0.15, 0.2) is 5.84 Å². The summed E-state index contributed by atoms with van der Waals surface area (Å²) in [6, 6.07) is 56.6. The Balaban J connectivity index is 1.17. The summed E-state index contributed by atoms with van der Waals surface area (Å²) in [5.41, 5.74) is 13.6. The molecular formula is C45H31N3O. The van der Waals surface area contributed by atoms with Gasteiger partial charge < -0.3 is 10.2 Å². The standard InChI is InChI=1S/C45H31N3O/c46-44(30-12-2-1-3-13-30)48-45(32-25-26-36-31(27-32)24-23-29-11-4-5-15-34(29)36)47-28-33-14-8-18-37-35(33)17-9-19-38(37)39-20-10-22-42-43(39)40-16-6-7-21-41(40)49-42/h1-27H,28H2,(H2,46,47,48). The molecule has 0 spiro atoms. The molecule has 2 N–H and O–H groups in total. The molecule has 0 fully saturated rings. The second-order valence-electron chi connectivity index (χ2n) is 12.3. The normalized spacial score (nSPS) is 12.5. The predicted octanol–water partition coefficient (Wildman–Crippen LogP) is 11.1. The number of nitrogens with zero attached hydrogens (tertiary/aromatic N) is 2. The van der Waals surface area contributed by atoms with Crippen LogP contribution >= 0.6 is 0 Å². The lowest BCUT2D eigenvalue weighted by molar-refractivity contribution is 0.669. The SMILES string of the molecule is NC(=NC(=NCc1cccc2c(-c3cccc4oc5ccccc5c34)cccc12)c1ccc2c(ccc3ccccc32)c1)c1ccccc1. The molecule has 0 aliphatic carbocycles. The highest BCUT2D eigenvalue weighted by Crippen LogP contribution is 2.39. The number of amidine groups is 2. The van der Waals surface area contributed by atoms with E-state index in [1.165, 1.54) is 21.5 Å². The van der Waals surface area contributed by atoms with E-state index in [2.05, 4.69) is 115 Å². The van der Waals surface area contributed by atoms with Gasteiger partial charge in [0, 0.05) is 21.9 Å². The summed E-state index contributed by atoms with van der Waals surface area (Å²) in [4.78, 5) is 10.1. The molecule has 232 valence electrons. The molecule has 0 atom stereocenters. The van der Waals surface area contributed by atoms with Crippen LogP contribution in [-0.4, -0.2) is 11.7 Å². The molecule has 49 heavy (non-hydrogen) atoms. The van der Waals surface area contributed by atoms with Crippen molar-refractivity contribution < 1.29 is 4.42 Å². The van der Waals surface area contributed by atoms with Gasteiger partial charge in [-0.05, 0) is 67.2 Å². The summed E-state index contributed by atoms with van der Waals surface area (Å²) in [5.74, 6) is 1.03. The molecule has 9 aromatic rings. The zero-order valence-electron chi connectivity index (χ0n) is 26.7. The molecule has 9 rings (SSSR count). The third-order valence-electron chi connectivity index (χ3n) is 9.40. The molecule has 1 aromatic heterocycles. The molecule has 0 aliphatic rings. The maximum absolute atomic E-state index is 6.60. The van der Waals surface area contributed by atoms with Gasteiger partial charge in [-0.25, -0.2) is 4.99 Å². The van der Waals surface area contributed by atoms with Gasteiger partial charge in [-0.15, -0.1) is 0 Å². The Morgan fingerprint density at radius 2 is 1.16 bits per heavy atom. The zero-order chi connectivity index (χ0) is 32.7. The highest BCUT2D eigenvalue weighted by Gasteiger charge is 2.15. The van der Waals surface area contributed by atoms with Crippen molar-refractivity contribution in [2.75, 3.05) is 0 Å². The minimum Gasteiger partial charge on any atom is -0.456 e. The number of aliphatic imine (C=N–C) groups is 2. The number of rotatable bonds is 5. The fraction of sp³-hybridized carbons (Fsp3) is 0.0222. The van der Waals surface area contributed by atoms with Crippen molar-refractivity contribution >= 4 is 65.9 Å². The lowest BCUT2D eigenvalue weighted by atomic mass is 9.93. The number of furan rings is 1. The smallest absolute Gasteiger partial charge is 0.157 e. The lowest BCUT2D eigenvalue weighted by Gasteiger charge is -2.12. The Kier molecular flexibility index (Phi) is 6.98. The van der Waals surface area contributed by atoms with Gasteiger partial charge >= 0.3 is 0 Å². The minimum absolute atomic E-state index is 0.429. The van der Waals surface area contributed by atoms with Crippen molar-refractivity contribution in [1.29, 1.82) is 0 Å². The summed E-state index contributed by atoms with van der Waals surface area (Å²) >= 11 is 0. The number of para-hydroxylation sites is 1. The van der Waals surface area contributed by atoms with E-state index in [4.69, 9.17) is 20.1 Å². The first kappa shape index (κ1) is 28.7. The third kappa shape index (κ3) is 5.11. The monoisotopic (exact) mass is 629 g/mol. The van der Waals surface area contributed by atoms with Crippen molar-refractivity contribution in [3.05, 3.63) is 180 Å². The van der Waals surface area contributed by atoms with Crippen molar-refractivity contribution in [2.24, 2.45) is 15.7 Å². The molecule has 0 bridgehead atoms. The molecule has 0 unspecified atom stereocenters. The molecule has 4 heteroatoms. The maximum atomic E-state index is 6.60. The van der Waals surface area contributed by atoms with Crippen LogP contribution in [0.2, 0.25) is 0 Å². The van der Waals surface area contributed by atoms with Gasteiger partial charge in [-0.1, -0.05) is 146 Å². The van der Waals surface area contributed by atoms with Gasteiger partial charge in [0.25, 0.3) is 0 Å². The first-order valence-corrected chi connectivity index (χ1v) is 16.5. The van der Waals surface area contributed by atoms with E-state index in [0.29, 0.717) is 18.2 Å². The molecule has 0 saturated heterocycles. The molecule has 1 heterocycles. The van der Waals surface area contributed by atoms with Gasteiger partial charge in [0.05, 0.1) is 6.54 Å². The van der Waals surface area contributed by atoms with Crippen LogP contribution in [0.3, 0.4) is 0 Å². The first-order chi connectivity index (χ1) is 24.2. The van der Waals surface area contributed by atoms with Crippen LogP contribution in [0.25, 0.3) is 65.4 Å². The number of nitrogens with two attached hydrogens (primary N) is 1. The Morgan fingerprint density at radius 3 is 2.08 bits per heavy atom. The van der Waals surface area contributed by atoms with Crippen molar-refractivity contribution in [1.82, 2.24) is 0 Å². The van der Waals surface area contributed by atoms with Crippen LogP contribution in [-0.2, 0) is 6.54 Å². The third-order valence-corrected chi connectivity index (χ3v) is 9.40. The second-order valence-corrected chi connectivity index (χ2v) is 12.3. The Hall–Kier alpha value is -6.52. The highest BCUT2D eigenvalue weighted by atomic mass is 16.3. The average Bonchev–Trinajstić information content (AvgIpc) is 3.55. The van der Waals surface area contributed by atoms with Crippen molar-refractivity contribution in [3.8, 4) is 11.1 Å². The van der Waals surface area contributed by atoms with Crippen molar-refractivity contribution in [3.63, 3.8) is 0 Å². The summed E-state index contributed by atoms with van der Waals surface area (Å²) in [6.07, 6.45) is 0. The number of hydrogen-bond donors (Lipinski definition) is 1. The van der Waals surface area contributed by atoms with Crippen LogP contribution < -0.4 is 5.73 Å². The molecule has 0 aliphatic heterocycles. The molecule has 0 radical (unpaired) electrons. The summed E-state index contributed by atoms with van der Waals surface area (Å²) in [5, 5.41) is 9.34. The van der Waals surface area contributed by atoms with Gasteiger partial charge in [-0.2, -0.15) is 0 Å². The van der Waals surface area contributed by atoms with Gasteiger partial charge in [0.2, 0.25) is 0 Å². The van der Waals surface area contributed by atoms with Crippen LogP contribution in [0.5, 0.6) is 0 Å². The second kappa shape index (κ2) is 11.9. The number of benzene rings is 8. The zero-order valence-corrected chi connectivity index (χ0v) is 26.7. The van der Waals surface area contributed by atoms with Crippen LogP contribution in [0.1, 0.15) is 16.7 Å². The van der Waals surface area contributed by atoms with Crippen LogP contribution in [0.4, 0.5) is 0 Å². The van der Waals surface area contributed by atoms with Crippen LogP contribution in [0, 0.1) is 0 Å². The summed E-state index contributed by atoms with van der Waals surface area (Å²) < 4.78 is 6.23. The lowest BCUT2D eigenvalue weighted by Crippen LogP contribution is -2.16. The average molecular weight is 630 g/mol. The maximum Gasteiger partial charge on any atom is 0.157 e. The summed E-state index contributed by atoms with van der Waals surface area (Å²) in [6.45, 7) is 0.441. The Labute approximate surface area is 283 Å². The number of hydrogen-bond acceptors (Lipinski definition) is 2. The fourth-order valence-electron chi connectivity index (χ4n) is 7.04. The minimum atomic E-state index is 0.429. The van der Waals surface area contributed by atoms with E-state index in [0.717, 1.165) is 60.5 Å². The van der Waals surface area contributed by atoms with E-state index in [1.807, 2.05) is 48.5 Å². The highest BCUT2D eigenvalue weighted by molar-refractivity contribution is 6.16. The largest absolute Gasteiger partial charge is 0.456 e. The van der Waals surface area contributed by atoms with Crippen LogP contribution in [0.15, 0.2) is 178 Å². The van der Waals surface area contributed by atoms with E-state index < -0.39 is 0 Å². The van der Waals surface area contributed by atoms with Gasteiger partial charge in [0.1, 0.15) is 17.0 Å². The molecular weight excluding hydrogens is 599 g/mol. The van der Waals surface area contributed by atoms with E-state index in [9.17, 15) is 0 Å². The van der Waals surface area contributed by atoms with E-state index in [-0.39, 0.29) is 0 Å². The summed E-state index contributed by atoms with van der Waals surface area (Å²) in [7, 11) is 0. The first-order valence-electron chi connectivity index (χ1n) is 16.5. The molecule has 4 nitrogen and oxygen atoms in total. The Morgan fingerprint density at radius 1 is 0.490 bits per heavy atom. The van der Waals surface area contributed by atoms with Gasteiger partial charge in [-0.3, -0.25) is 4.99 Å². The molecule has 8 aromatic carbocycles. The van der Waals surface area contributed by atoms with E-state index >= 15 is 0 Å². The van der Waals surface area contributed by atoms with Crippen molar-refractivity contribution in [2.45, 2.75) is 6.54 Å².